The maximum Gasteiger partial charge on any atom is -1.00 e. The molecule has 0 atom stereocenters. The first kappa shape index (κ1) is 33.3. The minimum Gasteiger partial charge on any atom is -1.00 e. The van der Waals surface area contributed by atoms with Crippen LogP contribution < -0.4 is 24.8 Å². The Hall–Kier alpha value is 0.627. The number of halogens is 2. The first-order valence-corrected chi connectivity index (χ1v) is 17.8. The largest absolute Gasteiger partial charge is 1.00 e. The molecule has 2 aliphatic carbocycles. The van der Waals surface area contributed by atoms with Gasteiger partial charge in [0.05, 0.1) is 0 Å². The number of hydrogen-bond donors (Lipinski definition) is 0. The minimum atomic E-state index is 0. The first-order chi connectivity index (χ1) is 11.8. The Morgan fingerprint density at radius 1 is 0.786 bits per heavy atom. The van der Waals surface area contributed by atoms with E-state index in [1.807, 2.05) is 0 Å². The maximum atomic E-state index is 3.39. The van der Waals surface area contributed by atoms with Crippen molar-refractivity contribution in [1.29, 1.82) is 0 Å². The van der Waals surface area contributed by atoms with Crippen molar-refractivity contribution in [3.63, 3.8) is 0 Å². The molecule has 160 valence electrons. The monoisotopic (exact) mass is 606 g/mol. The molecule has 0 nitrogen and oxygen atoms in total. The summed E-state index contributed by atoms with van der Waals surface area (Å²) in [4.78, 5) is 0. The molecule has 2 aliphatic rings. The van der Waals surface area contributed by atoms with E-state index in [0.717, 1.165) is 25.7 Å². The minimum absolute atomic E-state index is 0. The van der Waals surface area contributed by atoms with E-state index < -0.39 is 0 Å². The molecule has 28 heavy (non-hydrogen) atoms. The van der Waals surface area contributed by atoms with Crippen LogP contribution >= 0.6 is 0 Å². The molecular weight excluding hydrogens is 566 g/mol. The van der Waals surface area contributed by atoms with Crippen molar-refractivity contribution in [3.05, 3.63) is 46.6 Å². The van der Waals surface area contributed by atoms with Crippen molar-refractivity contribution in [2.24, 2.45) is 10.8 Å². The molecule has 0 aromatic rings. The summed E-state index contributed by atoms with van der Waals surface area (Å²) < 4.78 is 0. The summed E-state index contributed by atoms with van der Waals surface area (Å²) in [5, 5.41) is 0. The second kappa shape index (κ2) is 15.4. The van der Waals surface area contributed by atoms with Crippen LogP contribution in [0.25, 0.3) is 0 Å². The van der Waals surface area contributed by atoms with Gasteiger partial charge < -0.3 is 24.8 Å². The second-order valence-corrected chi connectivity index (χ2v) is 22.1. The fourth-order valence-electron chi connectivity index (χ4n) is 2.46. The van der Waals surface area contributed by atoms with Crippen molar-refractivity contribution in [3.8, 4) is 0 Å². The smallest absolute Gasteiger partial charge is 1.00 e. The van der Waals surface area contributed by atoms with E-state index in [-0.39, 0.29) is 30.3 Å². The second-order valence-electron chi connectivity index (χ2n) is 9.30. The summed E-state index contributed by atoms with van der Waals surface area (Å²) in [7, 11) is 0. The molecule has 4 heteroatoms. The van der Waals surface area contributed by atoms with E-state index in [4.69, 9.17) is 0 Å². The van der Waals surface area contributed by atoms with Gasteiger partial charge in [0.25, 0.3) is 0 Å². The molecule has 0 spiro atoms. The van der Waals surface area contributed by atoms with Crippen LogP contribution in [0, 0.1) is 23.0 Å². The van der Waals surface area contributed by atoms with Gasteiger partial charge in [-0.25, -0.2) is 23.3 Å². The summed E-state index contributed by atoms with van der Waals surface area (Å²) >= 11 is 1.45. The molecule has 0 saturated carbocycles. The van der Waals surface area contributed by atoms with E-state index in [9.17, 15) is 0 Å². The molecule has 2 rings (SSSR count). The third-order valence-electron chi connectivity index (χ3n) is 4.40. The van der Waals surface area contributed by atoms with Gasteiger partial charge in [-0.05, 0) is 10.8 Å². The van der Waals surface area contributed by atoms with Gasteiger partial charge in [0.2, 0.25) is 0 Å². The van der Waals surface area contributed by atoms with Gasteiger partial charge in [-0.2, -0.15) is 11.1 Å². The van der Waals surface area contributed by atoms with Gasteiger partial charge in [-0.15, -0.1) is 12.8 Å². The zero-order chi connectivity index (χ0) is 20.5. The maximum absolute atomic E-state index is 3.39. The number of hydrogen-bond acceptors (Lipinski definition) is 0. The molecule has 0 unspecified atom stereocenters. The molecular formula is C24H40Cl2HfSi-2. The summed E-state index contributed by atoms with van der Waals surface area (Å²) in [6, 6.07) is 0. The Kier molecular flexibility index (Phi) is 18.3. The van der Waals surface area contributed by atoms with Gasteiger partial charge in [-0.3, -0.25) is 12.2 Å². The molecule has 0 fully saturated rings. The Morgan fingerprint density at radius 2 is 1.04 bits per heavy atom. The Bertz CT molecular complexity index is 545. The molecule has 0 aromatic heterocycles. The van der Waals surface area contributed by atoms with E-state index in [1.54, 1.807) is 0 Å². The fraction of sp³-hybridized carbons (Fsp3) is 0.667. The normalized spacial score (nSPS) is 15.3. The zero-order valence-corrected chi connectivity index (χ0v) is 25.8. The third kappa shape index (κ3) is 14.6. The van der Waals surface area contributed by atoms with Gasteiger partial charge in [0, 0.05) is 0 Å². The van der Waals surface area contributed by atoms with Gasteiger partial charge >= 0.3 is 41.6 Å². The van der Waals surface area contributed by atoms with E-state index in [2.05, 4.69) is 92.8 Å². The van der Waals surface area contributed by atoms with Gasteiger partial charge in [0.15, 0.2) is 0 Å². The summed E-state index contributed by atoms with van der Waals surface area (Å²) in [6.45, 7) is 22.6. The molecule has 0 radical (unpaired) electrons. The first-order valence-electron chi connectivity index (χ1n) is 9.94. The summed E-state index contributed by atoms with van der Waals surface area (Å²) in [5.74, 6) is 0. The molecule has 0 aromatic carbocycles. The quantitative estimate of drug-likeness (QED) is 0.333. The molecule has 0 saturated heterocycles. The molecule has 0 heterocycles. The summed E-state index contributed by atoms with van der Waals surface area (Å²) in [5.41, 5.74) is 6.75. The molecule has 0 aliphatic heterocycles. The van der Waals surface area contributed by atoms with Crippen LogP contribution in [0.4, 0.5) is 0 Å². The zero-order valence-electron chi connectivity index (χ0n) is 19.7. The topological polar surface area (TPSA) is 0 Å². The average molecular weight is 606 g/mol. The average Bonchev–Trinajstić information content (AvgIpc) is 3.15. The fourth-order valence-corrected chi connectivity index (χ4v) is 2.46. The third-order valence-corrected chi connectivity index (χ3v) is 4.40. The van der Waals surface area contributed by atoms with Crippen molar-refractivity contribution in [2.45, 2.75) is 94.2 Å². The van der Waals surface area contributed by atoms with Crippen LogP contribution in [0.1, 0.15) is 81.1 Å². The standard InChI is InChI=1S/2C11H17.C2H6Si.2ClH.Hf/c2*1-5-9-6-7-10(8-9)11(2,3)4;1-3-2;;;/h2*8H,5,7H2,1-4H3;1-2H3;2*1H;/q2*-1;;;;+2/p-2. The van der Waals surface area contributed by atoms with Gasteiger partial charge in [-0.1, -0.05) is 68.2 Å². The summed E-state index contributed by atoms with van der Waals surface area (Å²) in [6.07, 6.45) is 15.7. The van der Waals surface area contributed by atoms with Crippen molar-refractivity contribution < 1.29 is 47.8 Å². The Morgan fingerprint density at radius 3 is 1.14 bits per heavy atom. The number of allylic oxidation sites excluding steroid dienone is 8. The van der Waals surface area contributed by atoms with Crippen LogP contribution in [0.2, 0.25) is 13.1 Å². The van der Waals surface area contributed by atoms with E-state index in [0.29, 0.717) is 10.8 Å². The van der Waals surface area contributed by atoms with Crippen LogP contribution in [0.3, 0.4) is 0 Å². The number of rotatable bonds is 2. The molecule has 0 amide bonds. The van der Waals surface area contributed by atoms with Crippen LogP contribution in [0.15, 0.2) is 34.4 Å². The Labute approximate surface area is 203 Å². The molecule has 0 bridgehead atoms. The van der Waals surface area contributed by atoms with Gasteiger partial charge in [0.1, 0.15) is 0 Å². The van der Waals surface area contributed by atoms with Crippen molar-refractivity contribution >= 4 is 5.49 Å². The SMILES string of the molecule is CCC1=[C-]CC(C(C)(C)C)=C1.CCC1=[C-]CC(C(C)(C)C)=C1.C[Si](C)=[Hf+2].[Cl-].[Cl-]. The van der Waals surface area contributed by atoms with Crippen LogP contribution in [-0.4, -0.2) is 5.49 Å². The van der Waals surface area contributed by atoms with Crippen LogP contribution in [0.5, 0.6) is 0 Å². The van der Waals surface area contributed by atoms with E-state index in [1.165, 1.54) is 45.3 Å². The predicted molar refractivity (Wildman–Crippen MR) is 116 cm³/mol. The van der Waals surface area contributed by atoms with Crippen molar-refractivity contribution in [1.82, 2.24) is 0 Å². The molecule has 0 N–H and O–H groups in total. The van der Waals surface area contributed by atoms with Crippen molar-refractivity contribution in [2.75, 3.05) is 0 Å². The predicted octanol–water partition coefficient (Wildman–Crippen LogP) is 1.80. The van der Waals surface area contributed by atoms with E-state index >= 15 is 0 Å². The van der Waals surface area contributed by atoms with Crippen LogP contribution in [-0.2, 0) is 23.0 Å². The Balaban J connectivity index is -0.000000355.